The second kappa shape index (κ2) is 14.1. The van der Waals surface area contributed by atoms with E-state index in [1.54, 1.807) is 0 Å². The van der Waals surface area contributed by atoms with E-state index in [9.17, 15) is 0 Å². The van der Waals surface area contributed by atoms with E-state index < -0.39 is 0 Å². The number of rotatable bonds is 8. The van der Waals surface area contributed by atoms with Crippen LogP contribution in [0.25, 0.3) is 33.3 Å². The van der Waals surface area contributed by atoms with Crippen molar-refractivity contribution in [3.05, 3.63) is 119 Å². The molecule has 6 heteroatoms. The molecule has 0 saturated carbocycles. The van der Waals surface area contributed by atoms with Crippen LogP contribution in [0.3, 0.4) is 0 Å². The van der Waals surface area contributed by atoms with Crippen molar-refractivity contribution in [1.82, 2.24) is 19.3 Å². The smallest absolute Gasteiger partial charge is 0.509 e. The quantitative estimate of drug-likeness (QED) is 0.113. The van der Waals surface area contributed by atoms with Gasteiger partial charge >= 0.3 is 21.1 Å². The van der Waals surface area contributed by atoms with Gasteiger partial charge in [0.25, 0.3) is 0 Å². The minimum Gasteiger partial charge on any atom is -0.509 e. The molecule has 0 N–H and O–H groups in total. The first-order chi connectivity index (χ1) is 23.1. The fourth-order valence-corrected chi connectivity index (χ4v) is 8.01. The van der Waals surface area contributed by atoms with E-state index in [-0.39, 0.29) is 21.1 Å². The van der Waals surface area contributed by atoms with Crippen LogP contribution < -0.4 is 4.74 Å². The summed E-state index contributed by atoms with van der Waals surface area (Å²) < 4.78 is 10.9. The summed E-state index contributed by atoms with van der Waals surface area (Å²) in [6.07, 6.45) is 7.65. The van der Waals surface area contributed by atoms with Gasteiger partial charge in [0.2, 0.25) is 0 Å². The number of ether oxygens (including phenoxy) is 1. The normalized spacial score (nSPS) is 17.8. The van der Waals surface area contributed by atoms with Crippen molar-refractivity contribution in [2.24, 2.45) is 11.8 Å². The fourth-order valence-electron chi connectivity index (χ4n) is 8.01. The molecule has 5 nitrogen and oxygen atoms in total. The number of para-hydroxylation sites is 1. The first kappa shape index (κ1) is 34.9. The predicted octanol–water partition coefficient (Wildman–Crippen LogP) is 11.2. The van der Waals surface area contributed by atoms with Crippen LogP contribution in [0, 0.1) is 37.8 Å². The molecule has 3 aromatic heterocycles. The van der Waals surface area contributed by atoms with E-state index in [1.165, 1.54) is 39.8 Å². The Morgan fingerprint density at radius 1 is 0.939 bits per heavy atom. The van der Waals surface area contributed by atoms with Crippen LogP contribution in [0.4, 0.5) is 0 Å². The van der Waals surface area contributed by atoms with Gasteiger partial charge < -0.3 is 9.30 Å². The largest absolute Gasteiger partial charge is 2.00 e. The zero-order chi connectivity index (χ0) is 33.7. The first-order valence-corrected chi connectivity index (χ1v) is 17.5. The summed E-state index contributed by atoms with van der Waals surface area (Å²) in [5, 5.41) is 7.39. The maximum Gasteiger partial charge on any atom is 2.00 e. The zero-order valence-corrected chi connectivity index (χ0v) is 32.1. The Morgan fingerprint density at radius 3 is 2.49 bits per heavy atom. The fraction of sp³-hybridized carbons (Fsp3) is 0.349. The van der Waals surface area contributed by atoms with Gasteiger partial charge in [-0.25, -0.2) is 4.98 Å². The molecule has 7 rings (SSSR count). The molecule has 0 amide bonds. The zero-order valence-electron chi connectivity index (χ0n) is 29.9. The van der Waals surface area contributed by atoms with Crippen LogP contribution in [-0.4, -0.2) is 19.3 Å². The SMILES string of the molecule is CCCc1ccnc(-n2c3[c-]c(Oc4[c-]c(-n5nc(C)c(C6C(C)=C[C@H](C)C[C@@H]6C)c5C)cc(C(C)C)c4)ccc3c3ccccc32)c1.[Pt+2]. The van der Waals surface area contributed by atoms with E-state index in [2.05, 4.69) is 137 Å². The van der Waals surface area contributed by atoms with Crippen molar-refractivity contribution in [3.8, 4) is 23.0 Å². The Kier molecular flexibility index (Phi) is 10.1. The molecular weight excluding hydrogens is 784 g/mol. The molecule has 1 aliphatic carbocycles. The molecule has 0 spiro atoms. The van der Waals surface area contributed by atoms with Crippen LogP contribution in [0.1, 0.15) is 94.3 Å². The summed E-state index contributed by atoms with van der Waals surface area (Å²) in [5.41, 5.74) is 10.4. The van der Waals surface area contributed by atoms with Crippen LogP contribution in [0.15, 0.2) is 78.5 Å². The molecule has 0 fully saturated rings. The molecule has 3 atom stereocenters. The molecule has 1 unspecified atom stereocenters. The standard InChI is InChI=1S/C43H46N4O.Pt/c1-9-12-32-17-18-44-41(21-32)46-39-14-11-10-13-37(39)38-16-15-35(25-40(38)46)48-36-23-33(26(2)3)22-34(24-36)47-31(8)43(30(7)45-47)42-28(5)19-27(4)20-29(42)6;/h10-11,13-19,21-23,26-27,29,42H,9,12,20H2,1-8H3;/q-2;+2/t27-,29-,42?;/m0./s1. The van der Waals surface area contributed by atoms with Gasteiger partial charge in [-0.3, -0.25) is 4.68 Å². The first-order valence-electron chi connectivity index (χ1n) is 17.5. The number of allylic oxidation sites excluding steroid dienone is 2. The number of pyridine rings is 1. The number of nitrogens with zero attached hydrogens (tertiary/aromatic N) is 4. The molecular formula is C43H46N4OPt. The van der Waals surface area contributed by atoms with Gasteiger partial charge in [0.1, 0.15) is 5.82 Å². The van der Waals surface area contributed by atoms with Gasteiger partial charge in [-0.2, -0.15) is 11.2 Å². The molecule has 0 aliphatic heterocycles. The van der Waals surface area contributed by atoms with Gasteiger partial charge in [0.05, 0.1) is 5.69 Å². The number of hydrogen-bond acceptors (Lipinski definition) is 3. The van der Waals surface area contributed by atoms with E-state index in [4.69, 9.17) is 14.8 Å². The number of aryl methyl sites for hydroxylation is 2. The van der Waals surface area contributed by atoms with Crippen molar-refractivity contribution in [2.75, 3.05) is 0 Å². The van der Waals surface area contributed by atoms with Crippen molar-refractivity contribution < 1.29 is 25.8 Å². The summed E-state index contributed by atoms with van der Waals surface area (Å²) in [6, 6.07) is 28.4. The van der Waals surface area contributed by atoms with E-state index in [1.807, 2.05) is 12.3 Å². The van der Waals surface area contributed by atoms with Crippen molar-refractivity contribution in [1.29, 1.82) is 0 Å². The average Bonchev–Trinajstić information content (AvgIpc) is 3.53. The van der Waals surface area contributed by atoms with E-state index in [0.717, 1.165) is 46.5 Å². The third-order valence-electron chi connectivity index (χ3n) is 10.1. The van der Waals surface area contributed by atoms with Gasteiger partial charge in [-0.05, 0) is 86.2 Å². The van der Waals surface area contributed by atoms with Crippen LogP contribution in [-0.2, 0) is 27.5 Å². The van der Waals surface area contributed by atoms with Crippen LogP contribution in [0.5, 0.6) is 11.5 Å². The molecule has 0 bridgehead atoms. The molecule has 254 valence electrons. The third kappa shape index (κ3) is 6.55. The topological polar surface area (TPSA) is 44.9 Å². The molecule has 49 heavy (non-hydrogen) atoms. The van der Waals surface area contributed by atoms with E-state index >= 15 is 0 Å². The van der Waals surface area contributed by atoms with E-state index in [0.29, 0.717) is 35.2 Å². The van der Waals surface area contributed by atoms with Crippen molar-refractivity contribution >= 4 is 21.8 Å². The number of benzene rings is 3. The van der Waals surface area contributed by atoms with Gasteiger partial charge in [-0.15, -0.1) is 41.3 Å². The Labute approximate surface area is 305 Å². The summed E-state index contributed by atoms with van der Waals surface area (Å²) in [5.74, 6) is 4.05. The molecule has 3 aromatic carbocycles. The predicted molar refractivity (Wildman–Crippen MR) is 197 cm³/mol. The van der Waals surface area contributed by atoms with Gasteiger partial charge in [0, 0.05) is 40.4 Å². The third-order valence-corrected chi connectivity index (χ3v) is 10.1. The number of aromatic nitrogens is 4. The second-order valence-electron chi connectivity index (χ2n) is 14.2. The molecule has 6 aromatic rings. The van der Waals surface area contributed by atoms with Gasteiger partial charge in [0.15, 0.2) is 0 Å². The minimum atomic E-state index is 0. The van der Waals surface area contributed by atoms with Crippen molar-refractivity contribution in [2.45, 2.75) is 86.5 Å². The Bertz CT molecular complexity index is 2170. The van der Waals surface area contributed by atoms with Crippen LogP contribution in [0.2, 0.25) is 0 Å². The maximum absolute atomic E-state index is 6.63. The van der Waals surface area contributed by atoms with Gasteiger partial charge in [-0.1, -0.05) is 76.4 Å². The minimum absolute atomic E-state index is 0. The number of hydrogen-bond donors (Lipinski definition) is 0. The Balaban J connectivity index is 0.00000417. The summed E-state index contributed by atoms with van der Waals surface area (Å²) in [6.45, 7) is 18.0. The molecule has 0 radical (unpaired) electrons. The molecule has 0 saturated heterocycles. The Hall–Kier alpha value is -3.95. The number of fused-ring (bicyclic) bond motifs is 3. The van der Waals surface area contributed by atoms with Crippen molar-refractivity contribution in [3.63, 3.8) is 0 Å². The summed E-state index contributed by atoms with van der Waals surface area (Å²) in [7, 11) is 0. The summed E-state index contributed by atoms with van der Waals surface area (Å²) >= 11 is 0. The second-order valence-corrected chi connectivity index (χ2v) is 14.2. The average molecular weight is 830 g/mol. The molecule has 1 aliphatic rings. The summed E-state index contributed by atoms with van der Waals surface area (Å²) in [4.78, 5) is 4.80. The molecule has 3 heterocycles. The maximum atomic E-state index is 6.63. The van der Waals surface area contributed by atoms with Crippen LogP contribution >= 0.6 is 0 Å². The monoisotopic (exact) mass is 829 g/mol. The Morgan fingerprint density at radius 2 is 1.73 bits per heavy atom.